The molecular formula is C11H8N2O. The van der Waals surface area contributed by atoms with Gasteiger partial charge >= 0.3 is 0 Å². The van der Waals surface area contributed by atoms with Crippen LogP contribution in [-0.2, 0) is 0 Å². The highest BCUT2D eigenvalue weighted by Gasteiger charge is 2.03. The van der Waals surface area contributed by atoms with Gasteiger partial charge in [0.1, 0.15) is 5.69 Å². The number of nitrogens with two attached hydrogens (primary N) is 1. The van der Waals surface area contributed by atoms with Crippen LogP contribution < -0.4 is 5.73 Å². The van der Waals surface area contributed by atoms with Crippen molar-refractivity contribution in [3.8, 4) is 23.6 Å². The normalized spacial score (nSPS) is 9.64. The third kappa shape index (κ3) is 1.46. The minimum Gasteiger partial charge on any atom is -0.368 e. The molecule has 0 saturated carbocycles. The quantitative estimate of drug-likeness (QED) is 0.688. The topological polar surface area (TPSA) is 52.0 Å². The minimum atomic E-state index is 0.297. The number of hydrogen-bond donors (Lipinski definition) is 1. The Labute approximate surface area is 81.5 Å². The maximum Gasteiger partial charge on any atom is 0.222 e. The van der Waals surface area contributed by atoms with Gasteiger partial charge in [-0.05, 0) is 12.1 Å². The van der Waals surface area contributed by atoms with Gasteiger partial charge < -0.3 is 10.3 Å². The first-order chi connectivity index (χ1) is 6.79. The molecule has 0 unspecified atom stereocenters. The van der Waals surface area contributed by atoms with E-state index in [0.717, 1.165) is 11.1 Å². The predicted molar refractivity (Wildman–Crippen MR) is 54.3 cm³/mol. The van der Waals surface area contributed by atoms with Crippen LogP contribution in [0.15, 0.2) is 34.9 Å². The Kier molecular flexibility index (Phi) is 1.96. The third-order valence-electron chi connectivity index (χ3n) is 1.85. The lowest BCUT2D eigenvalue weighted by molar-refractivity contribution is 0.439. The molecule has 1 aromatic heterocycles. The molecule has 3 heteroatoms. The first-order valence-corrected chi connectivity index (χ1v) is 4.09. The molecule has 2 N–H and O–H groups in total. The van der Waals surface area contributed by atoms with Crippen LogP contribution >= 0.6 is 0 Å². The number of rotatable bonds is 1. The Bertz CT molecular complexity index is 494. The van der Waals surface area contributed by atoms with E-state index in [9.17, 15) is 0 Å². The zero-order valence-corrected chi connectivity index (χ0v) is 7.40. The molecule has 2 aromatic rings. The summed E-state index contributed by atoms with van der Waals surface area (Å²) in [5, 5.41) is 3.79. The van der Waals surface area contributed by atoms with Crippen molar-refractivity contribution in [2.24, 2.45) is 0 Å². The summed E-state index contributed by atoms with van der Waals surface area (Å²) in [6.07, 6.45) is 5.28. The summed E-state index contributed by atoms with van der Waals surface area (Å²) in [7, 11) is 0. The van der Waals surface area contributed by atoms with Crippen LogP contribution in [0, 0.1) is 12.3 Å². The molecular weight excluding hydrogens is 176 g/mol. The van der Waals surface area contributed by atoms with E-state index in [1.165, 1.54) is 0 Å². The lowest BCUT2D eigenvalue weighted by Crippen LogP contribution is -1.79. The van der Waals surface area contributed by atoms with E-state index in [1.807, 2.05) is 24.3 Å². The smallest absolute Gasteiger partial charge is 0.222 e. The number of anilines is 1. The monoisotopic (exact) mass is 184 g/mol. The SMILES string of the molecule is C#Cc1cccc(-c2cc(N)on2)c1. The highest BCUT2D eigenvalue weighted by molar-refractivity contribution is 5.63. The van der Waals surface area contributed by atoms with Crippen molar-refractivity contribution in [3.05, 3.63) is 35.9 Å². The van der Waals surface area contributed by atoms with Crippen molar-refractivity contribution in [1.82, 2.24) is 5.16 Å². The fraction of sp³-hybridized carbons (Fsp3) is 0. The lowest BCUT2D eigenvalue weighted by Gasteiger charge is -1.95. The second kappa shape index (κ2) is 3.27. The number of aromatic nitrogens is 1. The average molecular weight is 184 g/mol. The third-order valence-corrected chi connectivity index (χ3v) is 1.85. The number of benzene rings is 1. The Balaban J connectivity index is 2.47. The fourth-order valence-corrected chi connectivity index (χ4v) is 1.19. The summed E-state index contributed by atoms with van der Waals surface area (Å²) in [6, 6.07) is 9.15. The number of terminal acetylenes is 1. The van der Waals surface area contributed by atoms with Gasteiger partial charge in [0.25, 0.3) is 0 Å². The molecule has 0 aliphatic rings. The van der Waals surface area contributed by atoms with E-state index in [0.29, 0.717) is 11.6 Å². The van der Waals surface area contributed by atoms with Gasteiger partial charge in [-0.25, -0.2) is 0 Å². The van der Waals surface area contributed by atoms with Gasteiger partial charge in [0.2, 0.25) is 5.88 Å². The molecule has 0 aliphatic carbocycles. The summed E-state index contributed by atoms with van der Waals surface area (Å²) in [5.74, 6) is 2.85. The fourth-order valence-electron chi connectivity index (χ4n) is 1.19. The zero-order chi connectivity index (χ0) is 9.97. The first kappa shape index (κ1) is 8.39. The minimum absolute atomic E-state index is 0.297. The molecule has 0 bridgehead atoms. The molecule has 0 fully saturated rings. The molecule has 0 spiro atoms. The van der Waals surface area contributed by atoms with E-state index in [1.54, 1.807) is 6.07 Å². The van der Waals surface area contributed by atoms with Gasteiger partial charge in [-0.2, -0.15) is 0 Å². The molecule has 0 amide bonds. The van der Waals surface area contributed by atoms with Crippen molar-refractivity contribution in [3.63, 3.8) is 0 Å². The summed E-state index contributed by atoms with van der Waals surface area (Å²) in [5.41, 5.74) is 7.82. The van der Waals surface area contributed by atoms with E-state index in [-0.39, 0.29) is 0 Å². The largest absolute Gasteiger partial charge is 0.368 e. The zero-order valence-electron chi connectivity index (χ0n) is 7.40. The lowest BCUT2D eigenvalue weighted by atomic mass is 10.1. The molecule has 0 saturated heterocycles. The molecule has 1 aromatic carbocycles. The summed E-state index contributed by atoms with van der Waals surface area (Å²) in [4.78, 5) is 0. The molecule has 14 heavy (non-hydrogen) atoms. The van der Waals surface area contributed by atoms with Crippen molar-refractivity contribution >= 4 is 5.88 Å². The van der Waals surface area contributed by atoms with Gasteiger partial charge in [0.15, 0.2) is 0 Å². The molecule has 0 aliphatic heterocycles. The predicted octanol–water partition coefficient (Wildman–Crippen LogP) is 1.91. The first-order valence-electron chi connectivity index (χ1n) is 4.09. The van der Waals surface area contributed by atoms with Gasteiger partial charge in [-0.3, -0.25) is 0 Å². The Morgan fingerprint density at radius 1 is 1.36 bits per heavy atom. The van der Waals surface area contributed by atoms with Crippen LogP contribution in [0.3, 0.4) is 0 Å². The summed E-state index contributed by atoms with van der Waals surface area (Å²) >= 11 is 0. The second-order valence-electron chi connectivity index (χ2n) is 2.84. The Morgan fingerprint density at radius 3 is 2.86 bits per heavy atom. The van der Waals surface area contributed by atoms with Crippen LogP contribution in [0.2, 0.25) is 0 Å². The summed E-state index contributed by atoms with van der Waals surface area (Å²) in [6.45, 7) is 0. The molecule has 0 atom stereocenters. The molecule has 68 valence electrons. The number of nitrogen functional groups attached to an aromatic ring is 1. The molecule has 0 radical (unpaired) electrons. The second-order valence-corrected chi connectivity index (χ2v) is 2.84. The van der Waals surface area contributed by atoms with Crippen LogP contribution in [0.5, 0.6) is 0 Å². The maximum absolute atomic E-state index is 5.42. The van der Waals surface area contributed by atoms with Crippen LogP contribution in [0.4, 0.5) is 5.88 Å². The van der Waals surface area contributed by atoms with E-state index in [2.05, 4.69) is 11.1 Å². The number of hydrogen-bond acceptors (Lipinski definition) is 3. The van der Waals surface area contributed by atoms with E-state index in [4.69, 9.17) is 16.7 Å². The molecule has 1 heterocycles. The summed E-state index contributed by atoms with van der Waals surface area (Å²) < 4.78 is 4.77. The van der Waals surface area contributed by atoms with Crippen molar-refractivity contribution in [1.29, 1.82) is 0 Å². The van der Waals surface area contributed by atoms with Gasteiger partial charge in [0.05, 0.1) is 0 Å². The Hall–Kier alpha value is -2.21. The van der Waals surface area contributed by atoms with Gasteiger partial charge in [-0.1, -0.05) is 23.2 Å². The standard InChI is InChI=1S/C11H8N2O/c1-2-8-4-3-5-9(6-8)10-7-11(12)14-13-10/h1,3-7H,12H2. The van der Waals surface area contributed by atoms with Crippen LogP contribution in [-0.4, -0.2) is 5.16 Å². The van der Waals surface area contributed by atoms with Gasteiger partial charge in [-0.15, -0.1) is 6.42 Å². The highest BCUT2D eigenvalue weighted by atomic mass is 16.5. The van der Waals surface area contributed by atoms with Crippen molar-refractivity contribution in [2.75, 3.05) is 5.73 Å². The average Bonchev–Trinajstić information content (AvgIpc) is 2.65. The van der Waals surface area contributed by atoms with Crippen LogP contribution in [0.1, 0.15) is 5.56 Å². The highest BCUT2D eigenvalue weighted by Crippen LogP contribution is 2.20. The molecule has 3 nitrogen and oxygen atoms in total. The van der Waals surface area contributed by atoms with Crippen LogP contribution in [0.25, 0.3) is 11.3 Å². The van der Waals surface area contributed by atoms with E-state index >= 15 is 0 Å². The van der Waals surface area contributed by atoms with Crippen molar-refractivity contribution < 1.29 is 4.52 Å². The molecule has 2 rings (SSSR count). The van der Waals surface area contributed by atoms with E-state index < -0.39 is 0 Å². The maximum atomic E-state index is 5.42. The Morgan fingerprint density at radius 2 is 2.21 bits per heavy atom. The van der Waals surface area contributed by atoms with Crippen molar-refractivity contribution in [2.45, 2.75) is 0 Å². The van der Waals surface area contributed by atoms with Gasteiger partial charge in [0, 0.05) is 17.2 Å². The number of nitrogens with zero attached hydrogens (tertiary/aromatic N) is 1.